The molecule has 0 aliphatic carbocycles. The highest BCUT2D eigenvalue weighted by molar-refractivity contribution is 9.10. The number of ether oxygens (including phenoxy) is 4. The molecule has 0 aromatic heterocycles. The van der Waals surface area contributed by atoms with E-state index < -0.39 is 0 Å². The Hall–Kier alpha value is -1.08. The van der Waals surface area contributed by atoms with Crippen molar-refractivity contribution in [3.63, 3.8) is 0 Å². The van der Waals surface area contributed by atoms with Crippen molar-refractivity contribution in [3.8, 4) is 11.5 Å². The van der Waals surface area contributed by atoms with Gasteiger partial charge < -0.3 is 24.3 Å². The highest BCUT2D eigenvalue weighted by Crippen LogP contribution is 2.36. The minimum absolute atomic E-state index is 0.203. The molecule has 1 aromatic carbocycles. The molecule has 0 spiro atoms. The van der Waals surface area contributed by atoms with Crippen molar-refractivity contribution >= 4 is 15.9 Å². The van der Waals surface area contributed by atoms with Crippen LogP contribution < -0.4 is 14.8 Å². The summed E-state index contributed by atoms with van der Waals surface area (Å²) in [4.78, 5) is 0. The molecule has 0 aliphatic heterocycles. The van der Waals surface area contributed by atoms with Crippen LogP contribution in [0.2, 0.25) is 0 Å². The molecule has 1 aromatic rings. The van der Waals surface area contributed by atoms with Crippen LogP contribution in [0.1, 0.15) is 5.56 Å². The Balaban J connectivity index is 2.71. The molecule has 0 atom stereocenters. The molecule has 0 radical (unpaired) electrons. The average molecular weight is 361 g/mol. The van der Waals surface area contributed by atoms with E-state index in [-0.39, 0.29) is 6.29 Å². The fraction of sp³-hybridized carbons (Fsp3) is 0.467. The van der Waals surface area contributed by atoms with Gasteiger partial charge in [0.05, 0.1) is 11.6 Å². The SMILES string of the molecule is C=CCOc1c(Br)cc(C[NH2+]CC(OC)OC)cc1OC. The number of methoxy groups -OCH3 is 3. The summed E-state index contributed by atoms with van der Waals surface area (Å²) in [6, 6.07) is 3.99. The first-order valence-electron chi connectivity index (χ1n) is 6.63. The Bertz CT molecular complexity index is 450. The molecule has 0 fully saturated rings. The maximum absolute atomic E-state index is 5.60. The van der Waals surface area contributed by atoms with Gasteiger partial charge in [-0.25, -0.2) is 0 Å². The number of benzene rings is 1. The van der Waals surface area contributed by atoms with E-state index >= 15 is 0 Å². The van der Waals surface area contributed by atoms with Crippen LogP contribution in [0.5, 0.6) is 11.5 Å². The molecule has 21 heavy (non-hydrogen) atoms. The van der Waals surface area contributed by atoms with E-state index in [4.69, 9.17) is 18.9 Å². The van der Waals surface area contributed by atoms with Crippen molar-refractivity contribution < 1.29 is 24.3 Å². The lowest BCUT2D eigenvalue weighted by molar-refractivity contribution is -0.682. The average Bonchev–Trinajstić information content (AvgIpc) is 2.50. The molecule has 0 amide bonds. The van der Waals surface area contributed by atoms with Crippen LogP contribution in [-0.4, -0.2) is 40.8 Å². The number of nitrogens with two attached hydrogens (primary N) is 1. The van der Waals surface area contributed by atoms with Gasteiger partial charge in [-0.05, 0) is 28.1 Å². The molecule has 5 nitrogen and oxygen atoms in total. The molecular formula is C15H23BrNO4+. The first-order valence-corrected chi connectivity index (χ1v) is 7.42. The smallest absolute Gasteiger partial charge is 0.206 e. The van der Waals surface area contributed by atoms with Gasteiger partial charge in [0.2, 0.25) is 6.29 Å². The summed E-state index contributed by atoms with van der Waals surface area (Å²) in [6.07, 6.45) is 1.49. The Morgan fingerprint density at radius 1 is 1.29 bits per heavy atom. The maximum Gasteiger partial charge on any atom is 0.206 e. The minimum atomic E-state index is -0.203. The van der Waals surface area contributed by atoms with E-state index in [2.05, 4.69) is 27.8 Å². The molecule has 0 saturated carbocycles. The second-order valence-corrected chi connectivity index (χ2v) is 5.19. The fourth-order valence-corrected chi connectivity index (χ4v) is 2.45. The molecule has 0 heterocycles. The lowest BCUT2D eigenvalue weighted by Gasteiger charge is -2.14. The van der Waals surface area contributed by atoms with Gasteiger partial charge in [-0.15, -0.1) is 0 Å². The molecule has 118 valence electrons. The third-order valence-electron chi connectivity index (χ3n) is 2.90. The second-order valence-electron chi connectivity index (χ2n) is 4.34. The standard InChI is InChI=1S/C15H22BrNO4/c1-5-6-21-15-12(16)7-11(8-13(15)18-2)9-17-10-14(19-3)20-4/h5,7-8,14,17H,1,6,9-10H2,2-4H3/p+1. The van der Waals surface area contributed by atoms with E-state index in [1.807, 2.05) is 12.1 Å². The van der Waals surface area contributed by atoms with Crippen LogP contribution in [0.3, 0.4) is 0 Å². The highest BCUT2D eigenvalue weighted by Gasteiger charge is 2.13. The summed E-state index contributed by atoms with van der Waals surface area (Å²) >= 11 is 3.51. The number of rotatable bonds is 10. The third kappa shape index (κ3) is 5.67. The summed E-state index contributed by atoms with van der Waals surface area (Å²) in [7, 11) is 4.89. The van der Waals surface area contributed by atoms with Gasteiger partial charge in [-0.1, -0.05) is 12.7 Å². The Morgan fingerprint density at radius 3 is 2.57 bits per heavy atom. The van der Waals surface area contributed by atoms with Gasteiger partial charge in [0.15, 0.2) is 11.5 Å². The molecule has 0 bridgehead atoms. The van der Waals surface area contributed by atoms with Crippen molar-refractivity contribution in [1.82, 2.24) is 0 Å². The van der Waals surface area contributed by atoms with Crippen molar-refractivity contribution in [2.75, 3.05) is 34.5 Å². The van der Waals surface area contributed by atoms with Gasteiger partial charge in [-0.2, -0.15) is 0 Å². The van der Waals surface area contributed by atoms with E-state index in [0.717, 1.165) is 23.1 Å². The van der Waals surface area contributed by atoms with Crippen LogP contribution in [0.25, 0.3) is 0 Å². The van der Waals surface area contributed by atoms with Crippen LogP contribution in [0.4, 0.5) is 0 Å². The minimum Gasteiger partial charge on any atom is -0.493 e. The second kappa shape index (κ2) is 9.78. The lowest BCUT2D eigenvalue weighted by atomic mass is 10.2. The molecule has 6 heteroatoms. The third-order valence-corrected chi connectivity index (χ3v) is 3.49. The van der Waals surface area contributed by atoms with E-state index in [1.165, 1.54) is 0 Å². The molecule has 0 aliphatic rings. The van der Waals surface area contributed by atoms with Crippen molar-refractivity contribution in [2.45, 2.75) is 12.8 Å². The first-order chi connectivity index (χ1) is 10.2. The number of hydrogen-bond donors (Lipinski definition) is 1. The predicted molar refractivity (Wildman–Crippen MR) is 84.7 cm³/mol. The molecular weight excluding hydrogens is 338 g/mol. The van der Waals surface area contributed by atoms with Gasteiger partial charge in [0.25, 0.3) is 0 Å². The zero-order chi connectivity index (χ0) is 15.7. The fourth-order valence-electron chi connectivity index (χ4n) is 1.85. The predicted octanol–water partition coefficient (Wildman–Crippen LogP) is 1.70. The number of halogens is 1. The first kappa shape index (κ1) is 18.0. The molecule has 2 N–H and O–H groups in total. The summed E-state index contributed by atoms with van der Waals surface area (Å²) in [5.74, 6) is 1.39. The van der Waals surface area contributed by atoms with Crippen molar-refractivity contribution in [1.29, 1.82) is 0 Å². The highest BCUT2D eigenvalue weighted by atomic mass is 79.9. The summed E-state index contributed by atoms with van der Waals surface area (Å²) < 4.78 is 22.1. The zero-order valence-corrected chi connectivity index (χ0v) is 14.3. The number of quaternary nitrogens is 1. The largest absolute Gasteiger partial charge is 0.493 e. The van der Waals surface area contributed by atoms with Crippen LogP contribution in [-0.2, 0) is 16.0 Å². The van der Waals surface area contributed by atoms with Crippen molar-refractivity contribution in [2.24, 2.45) is 0 Å². The Labute approximate surface area is 134 Å². The van der Waals surface area contributed by atoms with Crippen LogP contribution in [0, 0.1) is 0 Å². The van der Waals surface area contributed by atoms with E-state index in [1.54, 1.807) is 27.4 Å². The lowest BCUT2D eigenvalue weighted by Crippen LogP contribution is -2.85. The van der Waals surface area contributed by atoms with Gasteiger partial charge in [0, 0.05) is 19.8 Å². The van der Waals surface area contributed by atoms with Crippen molar-refractivity contribution in [3.05, 3.63) is 34.8 Å². The zero-order valence-electron chi connectivity index (χ0n) is 12.7. The van der Waals surface area contributed by atoms with Gasteiger partial charge in [0.1, 0.15) is 19.7 Å². The maximum atomic E-state index is 5.60. The Kier molecular flexibility index (Phi) is 8.37. The quantitative estimate of drug-likeness (QED) is 0.509. The molecule has 0 unspecified atom stereocenters. The number of hydrogen-bond acceptors (Lipinski definition) is 4. The summed E-state index contributed by atoms with van der Waals surface area (Å²) in [5, 5.41) is 2.11. The van der Waals surface area contributed by atoms with E-state index in [0.29, 0.717) is 18.1 Å². The molecule has 1 rings (SSSR count). The van der Waals surface area contributed by atoms with Gasteiger partial charge >= 0.3 is 0 Å². The van der Waals surface area contributed by atoms with Crippen LogP contribution in [0.15, 0.2) is 29.3 Å². The topological polar surface area (TPSA) is 53.5 Å². The van der Waals surface area contributed by atoms with Crippen LogP contribution >= 0.6 is 15.9 Å². The summed E-state index contributed by atoms with van der Waals surface area (Å²) in [5.41, 5.74) is 1.12. The van der Waals surface area contributed by atoms with Gasteiger partial charge in [-0.3, -0.25) is 0 Å². The normalized spacial score (nSPS) is 10.7. The summed E-state index contributed by atoms with van der Waals surface area (Å²) in [6.45, 7) is 5.59. The monoisotopic (exact) mass is 360 g/mol. The Morgan fingerprint density at radius 2 is 2.00 bits per heavy atom. The molecule has 0 saturated heterocycles. The van der Waals surface area contributed by atoms with E-state index in [9.17, 15) is 0 Å².